The first-order valence-corrected chi connectivity index (χ1v) is 7.87. The Morgan fingerprint density at radius 1 is 1.39 bits per heavy atom. The predicted octanol–water partition coefficient (Wildman–Crippen LogP) is 3.02. The van der Waals surface area contributed by atoms with Gasteiger partial charge in [-0.25, -0.2) is 0 Å². The molecule has 1 fully saturated rings. The summed E-state index contributed by atoms with van der Waals surface area (Å²) in [7, 11) is 0. The van der Waals surface area contributed by atoms with Gasteiger partial charge < -0.3 is 10.6 Å². The maximum Gasteiger partial charge on any atom is 0.255 e. The zero-order chi connectivity index (χ0) is 15.5. The van der Waals surface area contributed by atoms with Crippen LogP contribution in [0.3, 0.4) is 0 Å². The van der Waals surface area contributed by atoms with Crippen molar-refractivity contribution in [1.82, 2.24) is 20.8 Å². The number of nitrogens with zero attached hydrogens (tertiary/aromatic N) is 1. The lowest BCUT2D eigenvalue weighted by Gasteiger charge is -2.30. The number of carbonyl (C=O) groups excluding carboxylic acids is 1. The first-order chi connectivity index (χ1) is 10.7. The van der Waals surface area contributed by atoms with Gasteiger partial charge in [0, 0.05) is 22.7 Å². The number of halogens is 2. The zero-order valence-corrected chi connectivity index (χ0v) is 14.4. The molecule has 1 aliphatic rings. The van der Waals surface area contributed by atoms with Crippen molar-refractivity contribution in [1.29, 1.82) is 0 Å². The second-order valence-corrected chi connectivity index (χ2v) is 6.01. The van der Waals surface area contributed by atoms with Crippen LogP contribution < -0.4 is 10.6 Å². The topological polar surface area (TPSA) is 69.8 Å². The van der Waals surface area contributed by atoms with Crippen LogP contribution in [-0.4, -0.2) is 34.7 Å². The number of benzene rings is 1. The van der Waals surface area contributed by atoms with E-state index in [0.717, 1.165) is 24.9 Å². The third-order valence-corrected chi connectivity index (χ3v) is 4.44. The summed E-state index contributed by atoms with van der Waals surface area (Å²) in [6, 6.07) is 7.82. The number of carbonyl (C=O) groups is 1. The van der Waals surface area contributed by atoms with Crippen LogP contribution in [0.5, 0.6) is 0 Å². The Labute approximate surface area is 146 Å². The molecular weight excluding hydrogens is 335 g/mol. The van der Waals surface area contributed by atoms with Crippen LogP contribution >= 0.6 is 24.0 Å². The average Bonchev–Trinajstić information content (AvgIpc) is 2.99. The second-order valence-electron chi connectivity index (χ2n) is 5.60. The van der Waals surface area contributed by atoms with Crippen molar-refractivity contribution in [2.24, 2.45) is 0 Å². The normalized spacial score (nSPS) is 20.6. The van der Waals surface area contributed by atoms with Gasteiger partial charge >= 0.3 is 0 Å². The minimum Gasteiger partial charge on any atom is -0.348 e. The van der Waals surface area contributed by atoms with Crippen LogP contribution in [0.2, 0.25) is 5.02 Å². The Kier molecular flexibility index (Phi) is 6.04. The molecular formula is C16H20Cl2N4O. The number of aromatic amines is 1. The zero-order valence-electron chi connectivity index (χ0n) is 12.8. The summed E-state index contributed by atoms with van der Waals surface area (Å²) in [4.78, 5) is 12.6. The minimum absolute atomic E-state index is 0. The lowest BCUT2D eigenvalue weighted by atomic mass is 9.99. The molecule has 23 heavy (non-hydrogen) atoms. The molecule has 0 spiro atoms. The fraction of sp³-hybridized carbons (Fsp3) is 0.375. The van der Waals surface area contributed by atoms with E-state index in [9.17, 15) is 4.79 Å². The molecule has 5 nitrogen and oxygen atoms in total. The van der Waals surface area contributed by atoms with Gasteiger partial charge in [-0.05, 0) is 32.4 Å². The van der Waals surface area contributed by atoms with Gasteiger partial charge in [0.15, 0.2) is 0 Å². The van der Waals surface area contributed by atoms with Crippen LogP contribution in [0.15, 0.2) is 30.5 Å². The summed E-state index contributed by atoms with van der Waals surface area (Å²) in [5.74, 6) is -0.121. The Bertz CT molecular complexity index is 674. The van der Waals surface area contributed by atoms with Crippen LogP contribution in [0.4, 0.5) is 0 Å². The Morgan fingerprint density at radius 3 is 2.91 bits per heavy atom. The Hall–Kier alpha value is -1.56. The molecule has 1 aromatic heterocycles. The monoisotopic (exact) mass is 354 g/mol. The third-order valence-electron chi connectivity index (χ3n) is 4.11. The number of aromatic nitrogens is 2. The van der Waals surface area contributed by atoms with E-state index >= 15 is 0 Å². The highest BCUT2D eigenvalue weighted by Gasteiger charge is 2.25. The molecule has 1 saturated heterocycles. The van der Waals surface area contributed by atoms with Crippen LogP contribution in [0, 0.1) is 0 Å². The molecule has 2 heterocycles. The van der Waals surface area contributed by atoms with E-state index in [2.05, 4.69) is 27.8 Å². The SMILES string of the molecule is CC1NCCCC1NC(=O)c1cn[nH]c1-c1ccccc1Cl.Cl. The molecule has 7 heteroatoms. The Balaban J connectivity index is 0.00000192. The number of nitrogens with one attached hydrogen (secondary N) is 3. The Morgan fingerprint density at radius 2 is 2.17 bits per heavy atom. The van der Waals surface area contributed by atoms with Gasteiger partial charge in [0.1, 0.15) is 0 Å². The predicted molar refractivity (Wildman–Crippen MR) is 94.2 cm³/mol. The summed E-state index contributed by atoms with van der Waals surface area (Å²) in [6.45, 7) is 3.10. The van der Waals surface area contributed by atoms with Crippen molar-refractivity contribution in [3.05, 3.63) is 41.0 Å². The molecule has 0 aliphatic carbocycles. The van der Waals surface area contributed by atoms with Crippen LogP contribution in [0.1, 0.15) is 30.1 Å². The van der Waals surface area contributed by atoms with Crippen molar-refractivity contribution in [3.63, 3.8) is 0 Å². The maximum absolute atomic E-state index is 12.6. The van der Waals surface area contributed by atoms with Crippen LogP contribution in [0.25, 0.3) is 11.3 Å². The van der Waals surface area contributed by atoms with E-state index in [1.165, 1.54) is 0 Å². The minimum atomic E-state index is -0.121. The third kappa shape index (κ3) is 3.86. The molecule has 1 aliphatic heterocycles. The van der Waals surface area contributed by atoms with Crippen molar-refractivity contribution >= 4 is 29.9 Å². The largest absolute Gasteiger partial charge is 0.348 e. The van der Waals surface area contributed by atoms with Crippen molar-refractivity contribution in [2.75, 3.05) is 6.54 Å². The molecule has 2 atom stereocenters. The molecule has 3 rings (SSSR count). The summed E-state index contributed by atoms with van der Waals surface area (Å²) in [6.07, 6.45) is 3.60. The molecule has 2 aromatic rings. The number of rotatable bonds is 3. The fourth-order valence-electron chi connectivity index (χ4n) is 2.81. The average molecular weight is 355 g/mol. The number of hydrogen-bond acceptors (Lipinski definition) is 3. The maximum atomic E-state index is 12.6. The first-order valence-electron chi connectivity index (χ1n) is 7.49. The smallest absolute Gasteiger partial charge is 0.255 e. The lowest BCUT2D eigenvalue weighted by molar-refractivity contribution is 0.0920. The van der Waals surface area contributed by atoms with Crippen molar-refractivity contribution in [3.8, 4) is 11.3 Å². The van der Waals surface area contributed by atoms with E-state index in [-0.39, 0.29) is 30.4 Å². The molecule has 124 valence electrons. The molecule has 0 bridgehead atoms. The summed E-state index contributed by atoms with van der Waals surface area (Å²) >= 11 is 6.22. The van der Waals surface area contributed by atoms with E-state index in [4.69, 9.17) is 11.6 Å². The summed E-state index contributed by atoms with van der Waals surface area (Å²) < 4.78 is 0. The molecule has 2 unspecified atom stereocenters. The van der Waals surface area contributed by atoms with Crippen molar-refractivity contribution < 1.29 is 4.79 Å². The highest BCUT2D eigenvalue weighted by molar-refractivity contribution is 6.33. The second kappa shape index (κ2) is 7.81. The van der Waals surface area contributed by atoms with Gasteiger partial charge in [-0.1, -0.05) is 29.8 Å². The highest BCUT2D eigenvalue weighted by Crippen LogP contribution is 2.28. The molecule has 1 amide bonds. The molecule has 3 N–H and O–H groups in total. The molecule has 1 aromatic carbocycles. The number of amides is 1. The van der Waals surface area contributed by atoms with Gasteiger partial charge in [0.05, 0.1) is 17.5 Å². The van der Waals surface area contributed by atoms with E-state index < -0.39 is 0 Å². The van der Waals surface area contributed by atoms with Gasteiger partial charge in [-0.2, -0.15) is 5.10 Å². The molecule has 0 radical (unpaired) electrons. The standard InChI is InChI=1S/C16H19ClN4O.ClH/c1-10-14(7-4-8-18-10)20-16(22)12-9-19-21-15(12)11-5-2-3-6-13(11)17;/h2-3,5-6,9-10,14,18H,4,7-8H2,1H3,(H,19,21)(H,20,22);1H. The van der Waals surface area contributed by atoms with E-state index in [1.54, 1.807) is 12.3 Å². The number of hydrogen-bond donors (Lipinski definition) is 3. The van der Waals surface area contributed by atoms with E-state index in [1.807, 2.05) is 18.2 Å². The molecule has 0 saturated carbocycles. The van der Waals surface area contributed by atoms with Gasteiger partial charge in [0.2, 0.25) is 0 Å². The quantitative estimate of drug-likeness (QED) is 0.793. The van der Waals surface area contributed by atoms with E-state index in [0.29, 0.717) is 16.3 Å². The number of H-pyrrole nitrogens is 1. The van der Waals surface area contributed by atoms with Gasteiger partial charge in [-0.15, -0.1) is 12.4 Å². The van der Waals surface area contributed by atoms with Crippen LogP contribution in [-0.2, 0) is 0 Å². The number of piperidine rings is 1. The van der Waals surface area contributed by atoms with Gasteiger partial charge in [0.25, 0.3) is 5.91 Å². The summed E-state index contributed by atoms with van der Waals surface area (Å²) in [5.41, 5.74) is 1.95. The fourth-order valence-corrected chi connectivity index (χ4v) is 3.05. The van der Waals surface area contributed by atoms with Gasteiger partial charge in [-0.3, -0.25) is 9.89 Å². The highest BCUT2D eigenvalue weighted by atomic mass is 35.5. The summed E-state index contributed by atoms with van der Waals surface area (Å²) in [5, 5.41) is 14.0. The first kappa shape index (κ1) is 17.8. The lowest BCUT2D eigenvalue weighted by Crippen LogP contribution is -2.51. The van der Waals surface area contributed by atoms with Crippen molar-refractivity contribution in [2.45, 2.75) is 31.8 Å².